The van der Waals surface area contributed by atoms with Gasteiger partial charge in [0.25, 0.3) is 0 Å². The zero-order valence-electron chi connectivity index (χ0n) is 18.9. The van der Waals surface area contributed by atoms with Gasteiger partial charge in [-0.3, -0.25) is 15.1 Å². The minimum Gasteiger partial charge on any atom is -0.401 e. The summed E-state index contributed by atoms with van der Waals surface area (Å²) in [6.45, 7) is 3.15. The number of benzene rings is 1. The van der Waals surface area contributed by atoms with Crippen LogP contribution in [0.1, 0.15) is 11.6 Å². The van der Waals surface area contributed by atoms with Gasteiger partial charge >= 0.3 is 5.88 Å². The summed E-state index contributed by atoms with van der Waals surface area (Å²) >= 11 is 0. The molecule has 178 valence electrons. The van der Waals surface area contributed by atoms with Gasteiger partial charge in [-0.15, -0.1) is 0 Å². The lowest BCUT2D eigenvalue weighted by Crippen LogP contribution is -2.44. The van der Waals surface area contributed by atoms with Gasteiger partial charge in [0.05, 0.1) is 29.2 Å². The molecule has 3 aromatic heterocycles. The number of nitrogens with one attached hydrogen (secondary N) is 1. The maximum Gasteiger partial charge on any atom is 0.433 e. The van der Waals surface area contributed by atoms with Crippen LogP contribution in [0.15, 0.2) is 53.2 Å². The molecule has 1 N–H and O–H groups in total. The van der Waals surface area contributed by atoms with Gasteiger partial charge in [-0.25, -0.2) is 14.4 Å². The Morgan fingerprint density at radius 2 is 1.97 bits per heavy atom. The van der Waals surface area contributed by atoms with Gasteiger partial charge in [0.15, 0.2) is 5.82 Å². The van der Waals surface area contributed by atoms with Crippen molar-refractivity contribution in [1.29, 1.82) is 0 Å². The van der Waals surface area contributed by atoms with Crippen LogP contribution in [0.4, 0.5) is 27.5 Å². The maximum absolute atomic E-state index is 15.2. The van der Waals surface area contributed by atoms with Crippen molar-refractivity contribution in [3.05, 3.63) is 76.3 Å². The third-order valence-corrected chi connectivity index (χ3v) is 5.74. The van der Waals surface area contributed by atoms with Crippen LogP contribution in [-0.2, 0) is 0 Å². The largest absolute Gasteiger partial charge is 0.433 e. The fraction of sp³-hybridized carbons (Fsp3) is 0.208. The van der Waals surface area contributed by atoms with Crippen molar-refractivity contribution in [2.24, 2.45) is 0 Å². The van der Waals surface area contributed by atoms with Gasteiger partial charge in [0, 0.05) is 43.8 Å². The number of halogens is 1. The number of fused-ring (bicyclic) bond motifs is 1. The molecule has 5 rings (SSSR count). The number of piperazine rings is 1. The summed E-state index contributed by atoms with van der Waals surface area (Å²) in [5, 5.41) is 14.8. The van der Waals surface area contributed by atoms with E-state index in [-0.39, 0.29) is 23.3 Å². The molecule has 35 heavy (non-hydrogen) atoms. The zero-order chi connectivity index (χ0) is 24.4. The smallest absolute Gasteiger partial charge is 0.401 e. The average molecular weight is 475 g/mol. The maximum atomic E-state index is 15.2. The summed E-state index contributed by atoms with van der Waals surface area (Å²) in [6.07, 6.45) is 6.41. The molecule has 1 aliphatic rings. The number of nitrogens with zero attached hydrogens (tertiary/aromatic N) is 6. The van der Waals surface area contributed by atoms with Crippen LogP contribution in [0.2, 0.25) is 0 Å². The van der Waals surface area contributed by atoms with E-state index in [9.17, 15) is 10.1 Å². The molecule has 1 aromatic carbocycles. The first-order valence-corrected chi connectivity index (χ1v) is 11.0. The Morgan fingerprint density at radius 1 is 1.14 bits per heavy atom. The fourth-order valence-electron chi connectivity index (χ4n) is 3.88. The Balaban J connectivity index is 1.55. The minimum atomic E-state index is -0.611. The van der Waals surface area contributed by atoms with Crippen LogP contribution in [0, 0.1) is 15.9 Å². The quantitative estimate of drug-likeness (QED) is 0.321. The van der Waals surface area contributed by atoms with Crippen molar-refractivity contribution in [3.8, 4) is 0 Å². The van der Waals surface area contributed by atoms with Gasteiger partial charge in [0.2, 0.25) is 0 Å². The van der Waals surface area contributed by atoms with E-state index in [1.54, 1.807) is 30.6 Å². The first-order chi connectivity index (χ1) is 17.0. The Labute approximate surface area is 199 Å². The van der Waals surface area contributed by atoms with Crippen molar-refractivity contribution in [2.75, 3.05) is 43.4 Å². The fourth-order valence-corrected chi connectivity index (χ4v) is 3.88. The normalized spacial score (nSPS) is 14.6. The van der Waals surface area contributed by atoms with Crippen LogP contribution in [0.3, 0.4) is 0 Å². The topological polar surface area (TPSA) is 113 Å². The van der Waals surface area contributed by atoms with Gasteiger partial charge in [-0.2, -0.15) is 0 Å². The molecule has 0 spiro atoms. The van der Waals surface area contributed by atoms with E-state index < -0.39 is 4.92 Å². The lowest BCUT2D eigenvalue weighted by Gasteiger charge is -2.34. The molecule has 0 unspecified atom stereocenters. The highest BCUT2D eigenvalue weighted by Gasteiger charge is 2.20. The highest BCUT2D eigenvalue weighted by Crippen LogP contribution is 2.31. The van der Waals surface area contributed by atoms with Crippen molar-refractivity contribution >= 4 is 46.1 Å². The Morgan fingerprint density at radius 3 is 2.69 bits per heavy atom. The third kappa shape index (κ3) is 4.94. The van der Waals surface area contributed by atoms with Gasteiger partial charge < -0.3 is 19.5 Å². The second-order valence-electron chi connectivity index (χ2n) is 8.17. The van der Waals surface area contributed by atoms with E-state index in [1.165, 1.54) is 24.3 Å². The van der Waals surface area contributed by atoms with E-state index >= 15 is 4.39 Å². The first kappa shape index (κ1) is 22.4. The Kier molecular flexibility index (Phi) is 6.06. The number of likely N-dealkylation sites (N-methyl/N-ethyl adjacent to an activating group) is 1. The third-order valence-electron chi connectivity index (χ3n) is 5.74. The van der Waals surface area contributed by atoms with Crippen LogP contribution in [0.5, 0.6) is 0 Å². The Bertz CT molecular complexity index is 1400. The summed E-state index contributed by atoms with van der Waals surface area (Å²) in [5.74, 6) is 0.336. The van der Waals surface area contributed by atoms with Crippen LogP contribution >= 0.6 is 0 Å². The van der Waals surface area contributed by atoms with E-state index in [0.717, 1.165) is 31.9 Å². The molecule has 0 atom stereocenters. The number of aromatic nitrogens is 3. The number of nitro groups is 1. The standard InChI is InChI=1S/C24H22FN7O3/c1-30-9-11-31(12-10-30)21-13-18-20(14-19(21)25)28-22(6-4-17-5-7-23(35-17)32(33)34)29-24(18)27-16-3-2-8-26-15-16/h2-8,13-15H,9-12H2,1H3,(H,27,28,29)/b6-4+. The molecule has 4 heterocycles. The SMILES string of the molecule is CN1CCN(c2cc3c(Nc4cccnc4)nc(/C=C/c4ccc([N+](=O)[O-])o4)nc3cc2F)CC1. The number of hydrogen-bond acceptors (Lipinski definition) is 9. The van der Waals surface area contributed by atoms with Crippen LogP contribution < -0.4 is 10.2 Å². The number of pyridine rings is 1. The number of furan rings is 1. The highest BCUT2D eigenvalue weighted by molar-refractivity contribution is 5.94. The van der Waals surface area contributed by atoms with Crippen LogP contribution in [0.25, 0.3) is 23.1 Å². The molecule has 10 nitrogen and oxygen atoms in total. The lowest BCUT2D eigenvalue weighted by atomic mass is 10.1. The van der Waals surface area contributed by atoms with Gasteiger partial charge in [0.1, 0.15) is 22.3 Å². The predicted octanol–water partition coefficient (Wildman–Crippen LogP) is 4.33. The van der Waals surface area contributed by atoms with Crippen molar-refractivity contribution < 1.29 is 13.7 Å². The van der Waals surface area contributed by atoms with Crippen molar-refractivity contribution in [2.45, 2.75) is 0 Å². The minimum absolute atomic E-state index is 0.277. The number of hydrogen-bond donors (Lipinski definition) is 1. The summed E-state index contributed by atoms with van der Waals surface area (Å²) in [5.41, 5.74) is 1.65. The molecule has 1 aliphatic heterocycles. The lowest BCUT2D eigenvalue weighted by molar-refractivity contribution is -0.402. The highest BCUT2D eigenvalue weighted by atomic mass is 19.1. The van der Waals surface area contributed by atoms with E-state index in [0.29, 0.717) is 22.4 Å². The first-order valence-electron chi connectivity index (χ1n) is 11.0. The summed E-state index contributed by atoms with van der Waals surface area (Å²) in [7, 11) is 2.05. The molecular formula is C24H22FN7O3. The summed E-state index contributed by atoms with van der Waals surface area (Å²) < 4.78 is 20.3. The van der Waals surface area contributed by atoms with Crippen molar-refractivity contribution in [3.63, 3.8) is 0 Å². The molecule has 1 saturated heterocycles. The molecule has 0 radical (unpaired) electrons. The monoisotopic (exact) mass is 475 g/mol. The van der Waals surface area contributed by atoms with Crippen molar-refractivity contribution in [1.82, 2.24) is 19.9 Å². The molecule has 0 aliphatic carbocycles. The second kappa shape index (κ2) is 9.47. The summed E-state index contributed by atoms with van der Waals surface area (Å²) in [6, 6.07) is 9.58. The van der Waals surface area contributed by atoms with E-state index in [2.05, 4.69) is 25.2 Å². The van der Waals surface area contributed by atoms with E-state index in [4.69, 9.17) is 4.42 Å². The van der Waals surface area contributed by atoms with Gasteiger partial charge in [-0.1, -0.05) is 0 Å². The molecule has 0 bridgehead atoms. The molecular weight excluding hydrogens is 453 g/mol. The van der Waals surface area contributed by atoms with Gasteiger partial charge in [-0.05, 0) is 43.5 Å². The number of rotatable bonds is 6. The predicted molar refractivity (Wildman–Crippen MR) is 131 cm³/mol. The molecule has 11 heteroatoms. The molecule has 0 amide bonds. The number of anilines is 3. The second-order valence-corrected chi connectivity index (χ2v) is 8.17. The molecule has 4 aromatic rings. The van der Waals surface area contributed by atoms with E-state index in [1.807, 2.05) is 18.0 Å². The summed E-state index contributed by atoms with van der Waals surface area (Å²) in [4.78, 5) is 27.7. The van der Waals surface area contributed by atoms with Crippen LogP contribution in [-0.4, -0.2) is 58.0 Å². The zero-order valence-corrected chi connectivity index (χ0v) is 18.9. The molecule has 0 saturated carbocycles. The molecule has 1 fully saturated rings. The average Bonchev–Trinajstić information content (AvgIpc) is 3.33. The Hall–Kier alpha value is -4.38.